The minimum atomic E-state index is 0.226. The maximum Gasteiger partial charge on any atom is 0.122 e. The summed E-state index contributed by atoms with van der Waals surface area (Å²) in [5, 5.41) is 19.3. The van der Waals surface area contributed by atoms with E-state index in [1.807, 2.05) is 6.92 Å². The van der Waals surface area contributed by atoms with E-state index in [1.54, 1.807) is 12.1 Å². The summed E-state index contributed by atoms with van der Waals surface area (Å²) in [6, 6.07) is 3.41. The van der Waals surface area contributed by atoms with Gasteiger partial charge in [-0.05, 0) is 37.5 Å². The fourth-order valence-corrected chi connectivity index (χ4v) is 1.76. The average molecular weight is 208 g/mol. The maximum absolute atomic E-state index is 9.67. The third-order valence-electron chi connectivity index (χ3n) is 2.63. The molecule has 0 bridgehead atoms. The zero-order chi connectivity index (χ0) is 11.3. The van der Waals surface area contributed by atoms with E-state index in [9.17, 15) is 10.2 Å². The topological polar surface area (TPSA) is 40.5 Å². The Kier molecular flexibility index (Phi) is 4.47. The van der Waals surface area contributed by atoms with Crippen molar-refractivity contribution in [1.29, 1.82) is 0 Å². The van der Waals surface area contributed by atoms with Crippen LogP contribution in [-0.2, 0) is 6.42 Å². The summed E-state index contributed by atoms with van der Waals surface area (Å²) in [7, 11) is 0. The lowest BCUT2D eigenvalue weighted by Crippen LogP contribution is -1.89. The van der Waals surface area contributed by atoms with Crippen LogP contribution in [0.25, 0.3) is 0 Å². The van der Waals surface area contributed by atoms with Gasteiger partial charge in [-0.3, -0.25) is 0 Å². The maximum atomic E-state index is 9.67. The second-order valence-electron chi connectivity index (χ2n) is 4.09. The van der Waals surface area contributed by atoms with Gasteiger partial charge in [0, 0.05) is 5.56 Å². The number of rotatable bonds is 5. The van der Waals surface area contributed by atoms with Gasteiger partial charge in [-0.15, -0.1) is 0 Å². The highest BCUT2D eigenvalue weighted by molar-refractivity contribution is 5.46. The molecule has 0 aliphatic rings. The lowest BCUT2D eigenvalue weighted by molar-refractivity contribution is 0.435. The van der Waals surface area contributed by atoms with Gasteiger partial charge >= 0.3 is 0 Å². The second-order valence-corrected chi connectivity index (χ2v) is 4.09. The molecule has 0 heterocycles. The number of unbranched alkanes of at least 4 members (excludes halogenated alkanes) is 3. The third kappa shape index (κ3) is 3.46. The van der Waals surface area contributed by atoms with E-state index in [2.05, 4.69) is 6.92 Å². The smallest absolute Gasteiger partial charge is 0.122 e. The van der Waals surface area contributed by atoms with Crippen LogP contribution < -0.4 is 0 Å². The molecule has 0 fully saturated rings. The van der Waals surface area contributed by atoms with Crippen LogP contribution in [0.4, 0.5) is 0 Å². The number of aryl methyl sites for hydroxylation is 1. The van der Waals surface area contributed by atoms with Gasteiger partial charge in [-0.1, -0.05) is 26.2 Å². The Morgan fingerprint density at radius 1 is 1.00 bits per heavy atom. The molecule has 2 nitrogen and oxygen atoms in total. The molecule has 0 saturated carbocycles. The number of hydrogen-bond donors (Lipinski definition) is 2. The highest BCUT2D eigenvalue weighted by atomic mass is 16.3. The summed E-state index contributed by atoms with van der Waals surface area (Å²) in [6.45, 7) is 4.03. The first-order valence-corrected chi connectivity index (χ1v) is 5.66. The predicted molar refractivity (Wildman–Crippen MR) is 62.4 cm³/mol. The van der Waals surface area contributed by atoms with Crippen LogP contribution in [0.15, 0.2) is 12.1 Å². The minimum Gasteiger partial charge on any atom is -0.508 e. The number of phenolic OH excluding ortho intramolecular Hbond substituents is 2. The summed E-state index contributed by atoms with van der Waals surface area (Å²) in [4.78, 5) is 0. The fraction of sp³-hybridized carbons (Fsp3) is 0.538. The molecule has 0 radical (unpaired) electrons. The van der Waals surface area contributed by atoms with Crippen LogP contribution >= 0.6 is 0 Å². The molecule has 1 aromatic rings. The van der Waals surface area contributed by atoms with E-state index in [4.69, 9.17) is 0 Å². The van der Waals surface area contributed by atoms with Crippen molar-refractivity contribution in [2.75, 3.05) is 0 Å². The van der Waals surface area contributed by atoms with Crippen LogP contribution in [0.5, 0.6) is 11.5 Å². The average Bonchev–Trinajstić information content (AvgIpc) is 2.15. The molecule has 2 heteroatoms. The molecule has 15 heavy (non-hydrogen) atoms. The summed E-state index contributed by atoms with van der Waals surface area (Å²) in [5.74, 6) is 0.452. The highest BCUT2D eigenvalue weighted by Crippen LogP contribution is 2.30. The molecule has 2 N–H and O–H groups in total. The van der Waals surface area contributed by atoms with Crippen molar-refractivity contribution in [3.05, 3.63) is 23.3 Å². The predicted octanol–water partition coefficient (Wildman–Crippen LogP) is 3.53. The van der Waals surface area contributed by atoms with Gasteiger partial charge in [0.1, 0.15) is 11.5 Å². The van der Waals surface area contributed by atoms with E-state index in [0.29, 0.717) is 5.56 Å². The molecule has 0 saturated heterocycles. The Hall–Kier alpha value is -1.18. The summed E-state index contributed by atoms with van der Waals surface area (Å²) in [5.41, 5.74) is 1.58. The molecule has 1 rings (SSSR count). The molecule has 0 amide bonds. The van der Waals surface area contributed by atoms with Crippen molar-refractivity contribution in [3.63, 3.8) is 0 Å². The van der Waals surface area contributed by atoms with Gasteiger partial charge in [-0.2, -0.15) is 0 Å². The van der Waals surface area contributed by atoms with E-state index in [1.165, 1.54) is 12.8 Å². The van der Waals surface area contributed by atoms with E-state index >= 15 is 0 Å². The lowest BCUT2D eigenvalue weighted by atomic mass is 10.0. The van der Waals surface area contributed by atoms with E-state index < -0.39 is 0 Å². The van der Waals surface area contributed by atoms with Crippen molar-refractivity contribution in [2.24, 2.45) is 0 Å². The fourth-order valence-electron chi connectivity index (χ4n) is 1.76. The zero-order valence-corrected chi connectivity index (χ0v) is 9.58. The van der Waals surface area contributed by atoms with Crippen molar-refractivity contribution < 1.29 is 10.2 Å². The van der Waals surface area contributed by atoms with Gasteiger partial charge in [0.05, 0.1) is 0 Å². The van der Waals surface area contributed by atoms with Gasteiger partial charge in [0.2, 0.25) is 0 Å². The Morgan fingerprint density at radius 3 is 2.13 bits per heavy atom. The lowest BCUT2D eigenvalue weighted by Gasteiger charge is -2.08. The van der Waals surface area contributed by atoms with Gasteiger partial charge < -0.3 is 10.2 Å². The van der Waals surface area contributed by atoms with Crippen LogP contribution in [-0.4, -0.2) is 10.2 Å². The minimum absolute atomic E-state index is 0.226. The number of benzene rings is 1. The monoisotopic (exact) mass is 208 g/mol. The van der Waals surface area contributed by atoms with Crippen LogP contribution in [0.2, 0.25) is 0 Å². The molecule has 0 atom stereocenters. The first kappa shape index (κ1) is 11.9. The van der Waals surface area contributed by atoms with Gasteiger partial charge in [0.15, 0.2) is 0 Å². The number of phenols is 2. The third-order valence-corrected chi connectivity index (χ3v) is 2.63. The second kappa shape index (κ2) is 5.64. The van der Waals surface area contributed by atoms with Crippen molar-refractivity contribution in [3.8, 4) is 11.5 Å². The first-order chi connectivity index (χ1) is 7.15. The Labute approximate surface area is 91.6 Å². The molecule has 0 aromatic heterocycles. The Bertz CT molecular complexity index is 295. The first-order valence-electron chi connectivity index (χ1n) is 5.66. The molecular formula is C13H20O2. The van der Waals surface area contributed by atoms with Crippen LogP contribution in [0.1, 0.15) is 43.7 Å². The molecule has 0 aliphatic heterocycles. The summed E-state index contributed by atoms with van der Waals surface area (Å²) < 4.78 is 0. The number of hydrogen-bond acceptors (Lipinski definition) is 2. The van der Waals surface area contributed by atoms with E-state index in [-0.39, 0.29) is 11.5 Å². The van der Waals surface area contributed by atoms with Gasteiger partial charge in [0.25, 0.3) is 0 Å². The summed E-state index contributed by atoms with van der Waals surface area (Å²) in [6.07, 6.45) is 5.36. The molecule has 0 unspecified atom stereocenters. The highest BCUT2D eigenvalue weighted by Gasteiger charge is 2.07. The summed E-state index contributed by atoms with van der Waals surface area (Å²) >= 11 is 0. The quantitative estimate of drug-likeness (QED) is 0.727. The Balaban J connectivity index is 2.60. The molecule has 0 aliphatic carbocycles. The van der Waals surface area contributed by atoms with Crippen molar-refractivity contribution in [2.45, 2.75) is 46.0 Å². The van der Waals surface area contributed by atoms with Crippen LogP contribution in [0.3, 0.4) is 0 Å². The molecule has 84 valence electrons. The SMILES string of the molecule is CCCCCCc1c(O)cc(C)cc1O. The largest absolute Gasteiger partial charge is 0.508 e. The van der Waals surface area contributed by atoms with Gasteiger partial charge in [-0.25, -0.2) is 0 Å². The normalized spacial score (nSPS) is 10.5. The molecule has 1 aromatic carbocycles. The zero-order valence-electron chi connectivity index (χ0n) is 9.58. The van der Waals surface area contributed by atoms with Crippen molar-refractivity contribution in [1.82, 2.24) is 0 Å². The number of aromatic hydroxyl groups is 2. The standard InChI is InChI=1S/C13H20O2/c1-3-4-5-6-7-11-12(14)8-10(2)9-13(11)15/h8-9,14-15H,3-7H2,1-2H3. The van der Waals surface area contributed by atoms with Crippen molar-refractivity contribution >= 4 is 0 Å². The molecular weight excluding hydrogens is 188 g/mol. The van der Waals surface area contributed by atoms with E-state index in [0.717, 1.165) is 24.8 Å². The Morgan fingerprint density at radius 2 is 1.60 bits per heavy atom. The van der Waals surface area contributed by atoms with Crippen LogP contribution in [0, 0.1) is 6.92 Å². The molecule has 0 spiro atoms.